The van der Waals surface area contributed by atoms with Gasteiger partial charge in [0, 0.05) is 0 Å². The second-order valence-electron chi connectivity index (χ2n) is 0. The summed E-state index contributed by atoms with van der Waals surface area (Å²) in [7, 11) is 0. The molecule has 0 atom stereocenters. The summed E-state index contributed by atoms with van der Waals surface area (Å²) in [6.45, 7) is 0. The van der Waals surface area contributed by atoms with Gasteiger partial charge in [-0.3, -0.25) is 0 Å². The fourth-order valence-corrected chi connectivity index (χ4v) is 0. The van der Waals surface area contributed by atoms with Gasteiger partial charge in [-0.15, -0.1) is 12.4 Å². The van der Waals surface area contributed by atoms with Gasteiger partial charge >= 0.3 is 48.4 Å². The van der Waals surface area contributed by atoms with Crippen molar-refractivity contribution in [3.8, 4) is 0 Å². The minimum Gasteiger partial charge on any atom is -1.00 e. The van der Waals surface area contributed by atoms with Crippen LogP contribution in [0, 0.1) is 0 Å². The second-order valence-corrected chi connectivity index (χ2v) is 0. The second kappa shape index (κ2) is 21.0. The van der Waals surface area contributed by atoms with Crippen molar-refractivity contribution in [2.75, 3.05) is 0 Å². The summed E-state index contributed by atoms with van der Waals surface area (Å²) in [4.78, 5) is 0. The molecule has 0 bridgehead atoms. The van der Waals surface area contributed by atoms with Crippen LogP contribution >= 0.6 is 12.4 Å². The van der Waals surface area contributed by atoms with E-state index >= 15 is 0 Å². The largest absolute Gasteiger partial charge is 1.00 e. The molecule has 4 heteroatoms. The first-order chi connectivity index (χ1) is 0. The predicted octanol–water partition coefficient (Wildman–Crippen LogP) is -6.17. The maximum absolute atomic E-state index is 0. The van der Waals surface area contributed by atoms with Crippen LogP contribution in [0.3, 0.4) is 0 Å². The Hall–Kier alpha value is 1.85. The summed E-state index contributed by atoms with van der Waals surface area (Å²) in [6, 6.07) is 0. The maximum Gasteiger partial charge on any atom is 1.00 e. The summed E-state index contributed by atoms with van der Waals surface area (Å²) < 4.78 is 0. The van der Waals surface area contributed by atoms with Crippen molar-refractivity contribution in [2.24, 2.45) is 0 Å². The van der Waals surface area contributed by atoms with Gasteiger partial charge < -0.3 is 8.33 Å². The van der Waals surface area contributed by atoms with E-state index in [1.807, 2.05) is 0 Å². The summed E-state index contributed by atoms with van der Waals surface area (Å²) in [5.74, 6) is 0. The van der Waals surface area contributed by atoms with Crippen LogP contribution in [0.5, 0.6) is 0 Å². The van der Waals surface area contributed by atoms with E-state index in [-0.39, 0.29) is 69.2 Å². The third-order valence-corrected chi connectivity index (χ3v) is 0. The molecule has 0 fully saturated rings. The van der Waals surface area contributed by atoms with Crippen LogP contribution < -0.4 is 48.4 Å². The molecule has 0 amide bonds. The average molecular weight is 86.4 g/mol. The first-order valence-corrected chi connectivity index (χ1v) is 0. The molecular formula is H5ClLiNaO. The van der Waals surface area contributed by atoms with Crippen molar-refractivity contribution in [1.29, 1.82) is 0 Å². The van der Waals surface area contributed by atoms with Crippen LogP contribution in [0.1, 0.15) is 2.85 Å². The number of halogens is 1. The molecule has 0 heterocycles. The molecular weight excluding hydrogens is 81.4 g/mol. The zero-order valence-corrected chi connectivity index (χ0v) is 5.72. The minimum absolute atomic E-state index is 0. The standard InChI is InChI=1S/ClH.Li.Na.H2O.2H/h1H;;;1H2;;/q;2*+1;;2*-1. The molecule has 0 radical (unpaired) electrons. The molecule has 0 aromatic rings. The van der Waals surface area contributed by atoms with E-state index in [1.54, 1.807) is 0 Å². The summed E-state index contributed by atoms with van der Waals surface area (Å²) in [5.41, 5.74) is 0. The monoisotopic (exact) mass is 86.0 g/mol. The van der Waals surface area contributed by atoms with Gasteiger partial charge in [0.15, 0.2) is 0 Å². The summed E-state index contributed by atoms with van der Waals surface area (Å²) in [6.07, 6.45) is 0. The van der Waals surface area contributed by atoms with Crippen molar-refractivity contribution in [1.82, 2.24) is 0 Å². The smallest absolute Gasteiger partial charge is 1.00 e. The van der Waals surface area contributed by atoms with E-state index in [0.29, 0.717) is 0 Å². The summed E-state index contributed by atoms with van der Waals surface area (Å²) in [5, 5.41) is 0. The fraction of sp³-hybridized carbons (Fsp3) is 0. The van der Waals surface area contributed by atoms with Crippen LogP contribution in [0.15, 0.2) is 0 Å². The molecule has 0 spiro atoms. The molecule has 0 saturated carbocycles. The van der Waals surface area contributed by atoms with Gasteiger partial charge in [-0.05, 0) is 0 Å². The van der Waals surface area contributed by atoms with Crippen molar-refractivity contribution >= 4 is 12.4 Å². The van der Waals surface area contributed by atoms with Gasteiger partial charge in [0.05, 0.1) is 0 Å². The maximum atomic E-state index is 0. The van der Waals surface area contributed by atoms with E-state index in [2.05, 4.69) is 0 Å². The molecule has 0 aliphatic rings. The van der Waals surface area contributed by atoms with Gasteiger partial charge in [0.25, 0.3) is 0 Å². The molecule has 20 valence electrons. The van der Waals surface area contributed by atoms with Gasteiger partial charge in [-0.2, -0.15) is 0 Å². The Bertz CT molecular complexity index is 13.5. The van der Waals surface area contributed by atoms with Crippen molar-refractivity contribution in [2.45, 2.75) is 0 Å². The van der Waals surface area contributed by atoms with Crippen molar-refractivity contribution in [3.05, 3.63) is 0 Å². The van der Waals surface area contributed by atoms with Crippen LogP contribution in [0.25, 0.3) is 0 Å². The molecule has 2 N–H and O–H groups in total. The van der Waals surface area contributed by atoms with Crippen LogP contribution in [-0.2, 0) is 0 Å². The Morgan fingerprint density at radius 3 is 1.25 bits per heavy atom. The molecule has 0 aliphatic heterocycles. The number of rotatable bonds is 0. The Morgan fingerprint density at radius 1 is 1.25 bits per heavy atom. The van der Waals surface area contributed by atoms with E-state index in [4.69, 9.17) is 0 Å². The van der Waals surface area contributed by atoms with E-state index in [1.165, 1.54) is 0 Å². The SMILES string of the molecule is Cl.O.[H-].[H-].[Li+].[Na+]. The third kappa shape index (κ3) is 9.14. The van der Waals surface area contributed by atoms with Gasteiger partial charge in [-0.25, -0.2) is 0 Å². The number of hydrogen-bond donors (Lipinski definition) is 0. The van der Waals surface area contributed by atoms with Gasteiger partial charge in [-0.1, -0.05) is 0 Å². The van der Waals surface area contributed by atoms with E-state index in [9.17, 15) is 0 Å². The topological polar surface area (TPSA) is 31.5 Å². The Labute approximate surface area is 68.7 Å². The van der Waals surface area contributed by atoms with Gasteiger partial charge in [0.1, 0.15) is 0 Å². The Balaban J connectivity index is 0. The normalized spacial score (nSPS) is 0. The third-order valence-electron chi connectivity index (χ3n) is 0. The van der Waals surface area contributed by atoms with E-state index < -0.39 is 0 Å². The fourth-order valence-electron chi connectivity index (χ4n) is 0. The Morgan fingerprint density at radius 2 is 1.25 bits per heavy atom. The zero-order chi connectivity index (χ0) is 0. The molecule has 0 saturated heterocycles. The minimum atomic E-state index is 0. The van der Waals surface area contributed by atoms with Gasteiger partial charge in [0.2, 0.25) is 0 Å². The molecule has 1 nitrogen and oxygen atoms in total. The quantitative estimate of drug-likeness (QED) is 0.263. The summed E-state index contributed by atoms with van der Waals surface area (Å²) >= 11 is 0. The molecule has 0 rings (SSSR count). The molecule has 0 aromatic carbocycles. The van der Waals surface area contributed by atoms with Crippen molar-refractivity contribution < 1.29 is 56.7 Å². The van der Waals surface area contributed by atoms with Crippen LogP contribution in [0.4, 0.5) is 0 Å². The first kappa shape index (κ1) is 40.3. The molecule has 0 unspecified atom stereocenters. The first-order valence-electron chi connectivity index (χ1n) is 0. The predicted molar refractivity (Wildman–Crippen MR) is 13.1 cm³/mol. The van der Waals surface area contributed by atoms with Crippen LogP contribution in [0.2, 0.25) is 0 Å². The molecule has 0 aromatic heterocycles. The van der Waals surface area contributed by atoms with Crippen molar-refractivity contribution in [3.63, 3.8) is 0 Å². The zero-order valence-electron chi connectivity index (χ0n) is 4.91. The Kier molecular flexibility index (Phi) is 212. The molecule has 4 heavy (non-hydrogen) atoms. The average Bonchev–Trinajstić information content (AvgIpc) is 0. The van der Waals surface area contributed by atoms with E-state index in [0.717, 1.165) is 0 Å². The number of hydrogen-bond acceptors (Lipinski definition) is 0. The van der Waals surface area contributed by atoms with Crippen LogP contribution in [-0.4, -0.2) is 5.48 Å². The molecule has 0 aliphatic carbocycles.